The normalized spacial score (nSPS) is 16.1. The first-order valence-corrected chi connectivity index (χ1v) is 11.7. The van der Waals surface area contributed by atoms with Crippen LogP contribution in [0.15, 0.2) is 47.4 Å². The van der Waals surface area contributed by atoms with Crippen molar-refractivity contribution in [1.82, 2.24) is 4.31 Å². The van der Waals surface area contributed by atoms with Gasteiger partial charge in [-0.1, -0.05) is 18.9 Å². The highest BCUT2D eigenvalue weighted by Gasteiger charge is 2.27. The summed E-state index contributed by atoms with van der Waals surface area (Å²) in [6, 6.07) is 7.98. The molecule has 0 radical (unpaired) electrons. The highest BCUT2D eigenvalue weighted by Crippen LogP contribution is 2.22. The molecule has 1 amide bonds. The topological polar surface area (TPSA) is 92.8 Å². The van der Waals surface area contributed by atoms with Gasteiger partial charge in [-0.2, -0.15) is 4.31 Å². The van der Waals surface area contributed by atoms with Crippen molar-refractivity contribution in [3.05, 3.63) is 59.7 Å². The van der Waals surface area contributed by atoms with Crippen LogP contribution in [0, 0.1) is 11.6 Å². The number of sulfonamides is 1. The van der Waals surface area contributed by atoms with E-state index in [0.717, 1.165) is 43.9 Å². The van der Waals surface area contributed by atoms with Crippen molar-refractivity contribution in [2.24, 2.45) is 0 Å². The summed E-state index contributed by atoms with van der Waals surface area (Å²) < 4.78 is 59.4. The Morgan fingerprint density at radius 1 is 1.03 bits per heavy atom. The summed E-state index contributed by atoms with van der Waals surface area (Å²) in [7, 11) is -3.77. The fourth-order valence-corrected chi connectivity index (χ4v) is 4.89. The summed E-state index contributed by atoms with van der Waals surface area (Å²) in [5, 5.41) is 2.16. The van der Waals surface area contributed by atoms with E-state index < -0.39 is 39.6 Å². The second-order valence-electron chi connectivity index (χ2n) is 7.51. The van der Waals surface area contributed by atoms with Gasteiger partial charge in [-0.15, -0.1) is 0 Å². The minimum absolute atomic E-state index is 0.0345. The summed E-state index contributed by atoms with van der Waals surface area (Å²) >= 11 is 0. The summed E-state index contributed by atoms with van der Waals surface area (Å²) in [6.45, 7) is 2.11. The van der Waals surface area contributed by atoms with Gasteiger partial charge in [0.1, 0.15) is 11.6 Å². The molecule has 0 bridgehead atoms. The SMILES string of the molecule is CC(OC(=O)c1cccc(S(=O)(=O)N2CCCCCC2)c1)C(=O)Nc1cc(F)ccc1F. The van der Waals surface area contributed by atoms with Gasteiger partial charge in [0.15, 0.2) is 6.10 Å². The van der Waals surface area contributed by atoms with E-state index in [1.165, 1.54) is 35.5 Å². The van der Waals surface area contributed by atoms with E-state index in [1.54, 1.807) is 0 Å². The van der Waals surface area contributed by atoms with E-state index in [9.17, 15) is 26.8 Å². The first-order valence-electron chi connectivity index (χ1n) is 10.3. The van der Waals surface area contributed by atoms with E-state index in [0.29, 0.717) is 13.1 Å². The van der Waals surface area contributed by atoms with Gasteiger partial charge in [0.2, 0.25) is 10.0 Å². The van der Waals surface area contributed by atoms with Crippen LogP contribution in [0.4, 0.5) is 14.5 Å². The zero-order valence-electron chi connectivity index (χ0n) is 17.5. The van der Waals surface area contributed by atoms with Crippen LogP contribution in [0.25, 0.3) is 0 Å². The van der Waals surface area contributed by atoms with Crippen LogP contribution in [-0.4, -0.2) is 43.8 Å². The second kappa shape index (κ2) is 10.2. The van der Waals surface area contributed by atoms with Crippen molar-refractivity contribution in [1.29, 1.82) is 0 Å². The maximum atomic E-state index is 13.7. The van der Waals surface area contributed by atoms with Gasteiger partial charge in [0.05, 0.1) is 16.1 Å². The first-order chi connectivity index (χ1) is 15.2. The number of nitrogens with zero attached hydrogens (tertiary/aromatic N) is 1. The Bertz CT molecular complexity index is 1100. The third-order valence-electron chi connectivity index (χ3n) is 5.11. The molecule has 1 N–H and O–H groups in total. The Kier molecular flexibility index (Phi) is 7.57. The summed E-state index contributed by atoms with van der Waals surface area (Å²) in [5.41, 5.74) is -0.430. The van der Waals surface area contributed by atoms with E-state index in [4.69, 9.17) is 4.74 Å². The van der Waals surface area contributed by atoms with E-state index in [1.807, 2.05) is 0 Å². The van der Waals surface area contributed by atoms with Gasteiger partial charge in [0, 0.05) is 19.2 Å². The highest BCUT2D eigenvalue weighted by molar-refractivity contribution is 7.89. The third-order valence-corrected chi connectivity index (χ3v) is 7.01. The Balaban J connectivity index is 1.70. The Hall–Kier alpha value is -2.85. The second-order valence-corrected chi connectivity index (χ2v) is 9.45. The molecule has 1 heterocycles. The monoisotopic (exact) mass is 466 g/mol. The summed E-state index contributed by atoms with van der Waals surface area (Å²) in [6.07, 6.45) is 2.16. The average molecular weight is 467 g/mol. The Morgan fingerprint density at radius 3 is 2.41 bits per heavy atom. The molecule has 1 fully saturated rings. The van der Waals surface area contributed by atoms with Gasteiger partial charge in [-0.3, -0.25) is 4.79 Å². The first kappa shape index (κ1) is 23.8. The number of benzene rings is 2. The number of esters is 1. The van der Waals surface area contributed by atoms with Crippen LogP contribution >= 0.6 is 0 Å². The molecule has 2 aromatic carbocycles. The molecule has 1 saturated heterocycles. The van der Waals surface area contributed by atoms with E-state index in [2.05, 4.69) is 5.32 Å². The van der Waals surface area contributed by atoms with Crippen molar-refractivity contribution < 1.29 is 31.5 Å². The van der Waals surface area contributed by atoms with Crippen molar-refractivity contribution in [3.63, 3.8) is 0 Å². The lowest BCUT2D eigenvalue weighted by Crippen LogP contribution is -2.32. The maximum Gasteiger partial charge on any atom is 0.338 e. The van der Waals surface area contributed by atoms with Crippen LogP contribution in [-0.2, 0) is 19.6 Å². The van der Waals surface area contributed by atoms with Crippen molar-refractivity contribution >= 4 is 27.6 Å². The Labute approximate surface area is 185 Å². The molecule has 0 spiro atoms. The number of ether oxygens (including phenoxy) is 1. The van der Waals surface area contributed by atoms with Gasteiger partial charge >= 0.3 is 5.97 Å². The number of carbonyl (C=O) groups is 2. The number of carbonyl (C=O) groups excluding carboxylic acids is 2. The van der Waals surface area contributed by atoms with Crippen molar-refractivity contribution in [3.8, 4) is 0 Å². The molecule has 3 rings (SSSR count). The lowest BCUT2D eigenvalue weighted by molar-refractivity contribution is -0.123. The quantitative estimate of drug-likeness (QED) is 0.655. The number of anilines is 1. The van der Waals surface area contributed by atoms with Crippen LogP contribution in [0.1, 0.15) is 43.0 Å². The Morgan fingerprint density at radius 2 is 1.72 bits per heavy atom. The number of halogens is 2. The zero-order valence-corrected chi connectivity index (χ0v) is 18.3. The molecule has 7 nitrogen and oxygen atoms in total. The molecular weight excluding hydrogens is 442 g/mol. The van der Waals surface area contributed by atoms with Gasteiger partial charge in [0.25, 0.3) is 5.91 Å². The van der Waals surface area contributed by atoms with E-state index in [-0.39, 0.29) is 16.1 Å². The molecule has 32 heavy (non-hydrogen) atoms. The number of nitrogens with one attached hydrogen (secondary N) is 1. The molecule has 172 valence electrons. The molecule has 1 aliphatic heterocycles. The molecule has 1 aliphatic rings. The maximum absolute atomic E-state index is 13.7. The van der Waals surface area contributed by atoms with Crippen LogP contribution < -0.4 is 5.32 Å². The predicted molar refractivity (Wildman–Crippen MR) is 114 cm³/mol. The van der Waals surface area contributed by atoms with Crippen LogP contribution in [0.5, 0.6) is 0 Å². The lowest BCUT2D eigenvalue weighted by Gasteiger charge is -2.20. The lowest BCUT2D eigenvalue weighted by atomic mass is 10.2. The van der Waals surface area contributed by atoms with Crippen LogP contribution in [0.3, 0.4) is 0 Å². The number of hydrogen-bond acceptors (Lipinski definition) is 5. The molecule has 0 saturated carbocycles. The van der Waals surface area contributed by atoms with Gasteiger partial charge in [-0.05, 0) is 50.1 Å². The average Bonchev–Trinajstić information content (AvgIpc) is 3.06. The highest BCUT2D eigenvalue weighted by atomic mass is 32.2. The van der Waals surface area contributed by atoms with Gasteiger partial charge in [-0.25, -0.2) is 22.0 Å². The summed E-state index contributed by atoms with van der Waals surface area (Å²) in [5.74, 6) is -3.37. The predicted octanol–water partition coefficient (Wildman–Crippen LogP) is 3.71. The fourth-order valence-electron chi connectivity index (χ4n) is 3.32. The number of rotatable bonds is 6. The van der Waals surface area contributed by atoms with Crippen LogP contribution in [0.2, 0.25) is 0 Å². The standard InChI is InChI=1S/C22H24F2N2O5S/c1-15(21(27)25-20-14-17(23)9-10-19(20)24)31-22(28)16-7-6-8-18(13-16)32(29,30)26-11-4-2-3-5-12-26/h6-10,13-15H,2-5,11-12H2,1H3,(H,25,27). The minimum atomic E-state index is -3.77. The number of amides is 1. The smallest absolute Gasteiger partial charge is 0.338 e. The van der Waals surface area contributed by atoms with E-state index >= 15 is 0 Å². The molecule has 1 unspecified atom stereocenters. The van der Waals surface area contributed by atoms with Crippen molar-refractivity contribution in [2.75, 3.05) is 18.4 Å². The van der Waals surface area contributed by atoms with Crippen molar-refractivity contribution in [2.45, 2.75) is 43.6 Å². The third kappa shape index (κ3) is 5.68. The summed E-state index contributed by atoms with van der Waals surface area (Å²) in [4.78, 5) is 24.7. The number of hydrogen-bond donors (Lipinski definition) is 1. The molecule has 0 aromatic heterocycles. The zero-order chi connectivity index (χ0) is 23.3. The molecule has 0 aliphatic carbocycles. The molecule has 2 aromatic rings. The fraction of sp³-hybridized carbons (Fsp3) is 0.364. The van der Waals surface area contributed by atoms with Gasteiger partial charge < -0.3 is 10.1 Å². The molecule has 10 heteroatoms. The largest absolute Gasteiger partial charge is 0.449 e. The minimum Gasteiger partial charge on any atom is -0.449 e. The molecular formula is C22H24F2N2O5S. The molecule has 1 atom stereocenters.